The third-order valence-electron chi connectivity index (χ3n) is 2.37. The van der Waals surface area contributed by atoms with Crippen molar-refractivity contribution in [2.24, 2.45) is 13.0 Å². The maximum atomic E-state index is 10.6. The van der Waals surface area contributed by atoms with Crippen molar-refractivity contribution in [2.75, 3.05) is 0 Å². The number of carboxylic acids is 1. The van der Waals surface area contributed by atoms with Crippen molar-refractivity contribution in [3.05, 3.63) is 17.7 Å². The van der Waals surface area contributed by atoms with E-state index in [1.807, 2.05) is 11.6 Å². The van der Waals surface area contributed by atoms with E-state index in [0.29, 0.717) is 12.8 Å². The number of nitrogens with zero attached hydrogens (tertiary/aromatic N) is 2. The average molecular weight is 166 g/mol. The Hall–Kier alpha value is -1.32. The van der Waals surface area contributed by atoms with Crippen LogP contribution in [0.4, 0.5) is 0 Å². The minimum atomic E-state index is -0.715. The van der Waals surface area contributed by atoms with Crippen molar-refractivity contribution in [3.63, 3.8) is 0 Å². The number of aryl methyl sites for hydroxylation is 1. The Balaban J connectivity index is 2.28. The van der Waals surface area contributed by atoms with Crippen LogP contribution in [-0.4, -0.2) is 20.6 Å². The summed E-state index contributed by atoms with van der Waals surface area (Å²) in [7, 11) is 1.90. The van der Waals surface area contributed by atoms with Gasteiger partial charge in [-0.15, -0.1) is 0 Å². The lowest BCUT2D eigenvalue weighted by Gasteiger charge is -2.01. The Morgan fingerprint density at radius 3 is 3.08 bits per heavy atom. The summed E-state index contributed by atoms with van der Waals surface area (Å²) in [5.74, 6) is -0.970. The number of aromatic nitrogens is 2. The third-order valence-corrected chi connectivity index (χ3v) is 2.37. The number of rotatable bonds is 1. The largest absolute Gasteiger partial charge is 0.481 e. The zero-order valence-electron chi connectivity index (χ0n) is 6.82. The van der Waals surface area contributed by atoms with Crippen molar-refractivity contribution in [1.29, 1.82) is 0 Å². The maximum Gasteiger partial charge on any atom is 0.307 e. The van der Waals surface area contributed by atoms with Crippen molar-refractivity contribution >= 4 is 5.97 Å². The number of carbonyl (C=O) groups is 1. The molecule has 1 aliphatic carbocycles. The number of imidazole rings is 1. The van der Waals surface area contributed by atoms with Gasteiger partial charge in [-0.3, -0.25) is 4.79 Å². The number of fused-ring (bicyclic) bond motifs is 1. The van der Waals surface area contributed by atoms with Gasteiger partial charge in [-0.1, -0.05) is 0 Å². The predicted octanol–water partition coefficient (Wildman–Crippen LogP) is 0.219. The van der Waals surface area contributed by atoms with E-state index in [4.69, 9.17) is 5.11 Å². The van der Waals surface area contributed by atoms with Crippen LogP contribution < -0.4 is 0 Å². The molecular weight excluding hydrogens is 156 g/mol. The van der Waals surface area contributed by atoms with Crippen molar-refractivity contribution in [2.45, 2.75) is 12.8 Å². The fraction of sp³-hybridized carbons (Fsp3) is 0.500. The monoisotopic (exact) mass is 166 g/mol. The highest BCUT2D eigenvalue weighted by Crippen LogP contribution is 2.24. The minimum Gasteiger partial charge on any atom is -0.481 e. The fourth-order valence-corrected chi connectivity index (χ4v) is 1.65. The molecule has 0 amide bonds. The summed E-state index contributed by atoms with van der Waals surface area (Å²) >= 11 is 0. The summed E-state index contributed by atoms with van der Waals surface area (Å²) in [5, 5.41) is 8.76. The molecule has 0 fully saturated rings. The van der Waals surface area contributed by atoms with Gasteiger partial charge in [0.05, 0.1) is 17.9 Å². The SMILES string of the molecule is Cn1cnc2c1CC(C(=O)O)C2. The third kappa shape index (κ3) is 0.913. The highest BCUT2D eigenvalue weighted by molar-refractivity contribution is 5.71. The summed E-state index contributed by atoms with van der Waals surface area (Å²) < 4.78 is 1.90. The second-order valence-corrected chi connectivity index (χ2v) is 3.19. The normalized spacial score (nSPS) is 20.9. The fourth-order valence-electron chi connectivity index (χ4n) is 1.65. The van der Waals surface area contributed by atoms with Gasteiger partial charge in [-0.2, -0.15) is 0 Å². The Labute approximate surface area is 69.8 Å². The van der Waals surface area contributed by atoms with Crippen LogP contribution in [0.3, 0.4) is 0 Å². The number of carboxylic acid groups (broad SMARTS) is 1. The van der Waals surface area contributed by atoms with E-state index in [1.165, 1.54) is 0 Å². The van der Waals surface area contributed by atoms with Crippen molar-refractivity contribution in [1.82, 2.24) is 9.55 Å². The Morgan fingerprint density at radius 1 is 1.75 bits per heavy atom. The van der Waals surface area contributed by atoms with E-state index in [1.54, 1.807) is 6.33 Å². The first-order valence-electron chi connectivity index (χ1n) is 3.90. The molecule has 1 aromatic rings. The van der Waals surface area contributed by atoms with Crippen LogP contribution in [0, 0.1) is 5.92 Å². The van der Waals surface area contributed by atoms with Gasteiger partial charge in [0.15, 0.2) is 0 Å². The summed E-state index contributed by atoms with van der Waals surface area (Å²) in [5.41, 5.74) is 2.02. The zero-order valence-corrected chi connectivity index (χ0v) is 6.82. The topological polar surface area (TPSA) is 55.1 Å². The van der Waals surface area contributed by atoms with Crippen LogP contribution in [0.5, 0.6) is 0 Å². The molecule has 1 aliphatic rings. The van der Waals surface area contributed by atoms with Gasteiger partial charge >= 0.3 is 5.97 Å². The van der Waals surface area contributed by atoms with Crippen LogP contribution in [0.2, 0.25) is 0 Å². The standard InChI is InChI=1S/C8H10N2O2/c1-10-4-9-6-2-5(8(11)12)3-7(6)10/h4-5H,2-3H2,1H3,(H,11,12). The first-order valence-corrected chi connectivity index (χ1v) is 3.90. The van der Waals surface area contributed by atoms with E-state index >= 15 is 0 Å². The summed E-state index contributed by atoms with van der Waals surface area (Å²) in [4.78, 5) is 14.8. The zero-order chi connectivity index (χ0) is 8.72. The molecule has 64 valence electrons. The lowest BCUT2D eigenvalue weighted by atomic mass is 10.1. The number of aliphatic carboxylic acids is 1. The van der Waals surface area contributed by atoms with E-state index in [2.05, 4.69) is 4.98 Å². The van der Waals surface area contributed by atoms with Crippen LogP contribution in [0.1, 0.15) is 11.4 Å². The van der Waals surface area contributed by atoms with Crippen molar-refractivity contribution in [3.8, 4) is 0 Å². The quantitative estimate of drug-likeness (QED) is 0.649. The molecule has 1 unspecified atom stereocenters. The number of hydrogen-bond donors (Lipinski definition) is 1. The van der Waals surface area contributed by atoms with Gasteiger partial charge in [0, 0.05) is 25.6 Å². The molecule has 0 aliphatic heterocycles. The average Bonchev–Trinajstić information content (AvgIpc) is 2.53. The molecule has 4 nitrogen and oxygen atoms in total. The second-order valence-electron chi connectivity index (χ2n) is 3.19. The number of hydrogen-bond acceptors (Lipinski definition) is 2. The van der Waals surface area contributed by atoms with Crippen molar-refractivity contribution < 1.29 is 9.90 Å². The van der Waals surface area contributed by atoms with E-state index < -0.39 is 5.97 Å². The highest BCUT2D eigenvalue weighted by Gasteiger charge is 2.29. The molecule has 1 atom stereocenters. The lowest BCUT2D eigenvalue weighted by Crippen LogP contribution is -2.14. The van der Waals surface area contributed by atoms with Gasteiger partial charge in [0.2, 0.25) is 0 Å². The molecule has 0 bridgehead atoms. The van der Waals surface area contributed by atoms with Crippen LogP contribution in [0.25, 0.3) is 0 Å². The van der Waals surface area contributed by atoms with Crippen LogP contribution in [0.15, 0.2) is 6.33 Å². The van der Waals surface area contributed by atoms with E-state index in [0.717, 1.165) is 11.4 Å². The highest BCUT2D eigenvalue weighted by atomic mass is 16.4. The summed E-state index contributed by atoms with van der Waals surface area (Å²) in [6.45, 7) is 0. The second kappa shape index (κ2) is 2.33. The molecule has 1 aromatic heterocycles. The molecule has 12 heavy (non-hydrogen) atoms. The van der Waals surface area contributed by atoms with Gasteiger partial charge < -0.3 is 9.67 Å². The smallest absolute Gasteiger partial charge is 0.307 e. The molecule has 0 aromatic carbocycles. The van der Waals surface area contributed by atoms with Gasteiger partial charge in [0.25, 0.3) is 0 Å². The first kappa shape index (κ1) is 7.34. The lowest BCUT2D eigenvalue weighted by molar-refractivity contribution is -0.141. The predicted molar refractivity (Wildman–Crippen MR) is 41.7 cm³/mol. The van der Waals surface area contributed by atoms with Crippen LogP contribution in [-0.2, 0) is 24.7 Å². The van der Waals surface area contributed by atoms with Gasteiger partial charge in [-0.25, -0.2) is 4.98 Å². The molecule has 0 spiro atoms. The molecule has 2 rings (SSSR count). The molecule has 0 radical (unpaired) electrons. The molecule has 4 heteroatoms. The Bertz CT molecular complexity index is 330. The van der Waals surface area contributed by atoms with E-state index in [9.17, 15) is 4.79 Å². The molecular formula is C8H10N2O2. The molecule has 1 heterocycles. The Morgan fingerprint density at radius 2 is 2.50 bits per heavy atom. The maximum absolute atomic E-state index is 10.6. The van der Waals surface area contributed by atoms with Gasteiger partial charge in [0.1, 0.15) is 0 Å². The Kier molecular flexibility index (Phi) is 1.43. The summed E-state index contributed by atoms with van der Waals surface area (Å²) in [6.07, 6.45) is 2.95. The minimum absolute atomic E-state index is 0.255. The van der Waals surface area contributed by atoms with E-state index in [-0.39, 0.29) is 5.92 Å². The first-order chi connectivity index (χ1) is 5.68. The molecule has 0 saturated carbocycles. The molecule has 0 saturated heterocycles. The van der Waals surface area contributed by atoms with Crippen LogP contribution >= 0.6 is 0 Å². The van der Waals surface area contributed by atoms with Gasteiger partial charge in [-0.05, 0) is 0 Å². The molecule has 1 N–H and O–H groups in total. The summed E-state index contributed by atoms with van der Waals surface area (Å²) in [6, 6.07) is 0.